The van der Waals surface area contributed by atoms with Crippen LogP contribution in [0.15, 0.2) is 18.3 Å². The number of alkyl halides is 1. The highest BCUT2D eigenvalue weighted by Crippen LogP contribution is 2.22. The molecule has 0 aliphatic heterocycles. The van der Waals surface area contributed by atoms with Crippen molar-refractivity contribution < 1.29 is 4.74 Å². The van der Waals surface area contributed by atoms with Gasteiger partial charge in [-0.05, 0) is 13.0 Å². The van der Waals surface area contributed by atoms with Crippen LogP contribution in [-0.4, -0.2) is 32.5 Å². The summed E-state index contributed by atoms with van der Waals surface area (Å²) in [5.74, 6) is 2.05. The third kappa shape index (κ3) is 2.87. The van der Waals surface area contributed by atoms with Crippen molar-refractivity contribution in [3.63, 3.8) is 0 Å². The van der Waals surface area contributed by atoms with E-state index in [2.05, 4.69) is 19.5 Å². The first kappa shape index (κ1) is 14.3. The van der Waals surface area contributed by atoms with Gasteiger partial charge in [0.15, 0.2) is 5.65 Å². The van der Waals surface area contributed by atoms with Crippen LogP contribution in [0.25, 0.3) is 11.2 Å². The number of hydrogen-bond donors (Lipinski definition) is 0. The molecule has 0 bridgehead atoms. The van der Waals surface area contributed by atoms with Gasteiger partial charge in [0.05, 0.1) is 18.7 Å². The molecule has 3 heterocycles. The number of ether oxygens (including phenoxy) is 1. The van der Waals surface area contributed by atoms with Crippen molar-refractivity contribution >= 4 is 34.1 Å². The van der Waals surface area contributed by atoms with Crippen LogP contribution in [-0.2, 0) is 13.0 Å². The number of rotatable bonds is 5. The topological polar surface area (TPSA) is 52.8 Å². The van der Waals surface area contributed by atoms with E-state index in [1.807, 2.05) is 25.3 Å². The predicted molar refractivity (Wildman–Crippen MR) is 84.5 cm³/mol. The SMILES string of the molecule is COc1ccc2nc(CCCl)n(Cc3cnc(C)s3)c2n1. The number of imidazole rings is 1. The second-order valence-corrected chi connectivity index (χ2v) is 6.29. The summed E-state index contributed by atoms with van der Waals surface area (Å²) in [4.78, 5) is 14.6. The minimum absolute atomic E-state index is 0.530. The molecule has 0 fully saturated rings. The average Bonchev–Trinajstić information content (AvgIpc) is 3.04. The highest BCUT2D eigenvalue weighted by molar-refractivity contribution is 7.11. The number of hydrogen-bond acceptors (Lipinski definition) is 5. The van der Waals surface area contributed by atoms with Gasteiger partial charge in [0.2, 0.25) is 5.88 Å². The molecule has 0 spiro atoms. The molecule has 3 aromatic heterocycles. The maximum Gasteiger partial charge on any atom is 0.215 e. The van der Waals surface area contributed by atoms with Gasteiger partial charge in [-0.25, -0.2) is 9.97 Å². The van der Waals surface area contributed by atoms with E-state index in [0.717, 1.165) is 22.0 Å². The zero-order chi connectivity index (χ0) is 14.8. The van der Waals surface area contributed by atoms with Gasteiger partial charge in [0.25, 0.3) is 0 Å². The fraction of sp³-hybridized carbons (Fsp3) is 0.357. The minimum atomic E-state index is 0.530. The van der Waals surface area contributed by atoms with Crippen molar-refractivity contribution in [1.82, 2.24) is 19.5 Å². The van der Waals surface area contributed by atoms with E-state index >= 15 is 0 Å². The predicted octanol–water partition coefficient (Wildman–Crippen LogP) is 3.03. The maximum absolute atomic E-state index is 5.89. The summed E-state index contributed by atoms with van der Waals surface area (Å²) in [6.45, 7) is 2.70. The minimum Gasteiger partial charge on any atom is -0.481 e. The first-order chi connectivity index (χ1) is 10.2. The standard InChI is InChI=1S/C14H15ClN4OS/c1-9-16-7-10(21-9)8-19-12(5-6-15)17-11-3-4-13(20-2)18-14(11)19/h3-4,7H,5-6,8H2,1-2H3. The average molecular weight is 323 g/mol. The Bertz CT molecular complexity index is 768. The van der Waals surface area contributed by atoms with Crippen molar-refractivity contribution in [2.24, 2.45) is 0 Å². The Kier molecular flexibility index (Phi) is 4.07. The van der Waals surface area contributed by atoms with E-state index < -0.39 is 0 Å². The van der Waals surface area contributed by atoms with E-state index in [4.69, 9.17) is 16.3 Å². The van der Waals surface area contributed by atoms with Crippen LogP contribution >= 0.6 is 22.9 Å². The van der Waals surface area contributed by atoms with Crippen LogP contribution in [0.3, 0.4) is 0 Å². The molecule has 0 amide bonds. The Morgan fingerprint density at radius 2 is 2.19 bits per heavy atom. The van der Waals surface area contributed by atoms with Crippen LogP contribution in [0, 0.1) is 6.92 Å². The van der Waals surface area contributed by atoms with E-state index in [1.54, 1.807) is 18.4 Å². The third-order valence-corrected chi connectivity index (χ3v) is 4.24. The summed E-state index contributed by atoms with van der Waals surface area (Å²) >= 11 is 7.57. The molecule has 0 N–H and O–H groups in total. The zero-order valence-electron chi connectivity index (χ0n) is 11.8. The number of fused-ring (bicyclic) bond motifs is 1. The normalized spacial score (nSPS) is 11.2. The number of thiazole rings is 1. The molecule has 5 nitrogen and oxygen atoms in total. The molecular weight excluding hydrogens is 308 g/mol. The number of methoxy groups -OCH3 is 1. The van der Waals surface area contributed by atoms with Crippen LogP contribution in [0.2, 0.25) is 0 Å². The van der Waals surface area contributed by atoms with Crippen molar-refractivity contribution in [1.29, 1.82) is 0 Å². The lowest BCUT2D eigenvalue weighted by molar-refractivity contribution is 0.399. The van der Waals surface area contributed by atoms with E-state index in [0.29, 0.717) is 24.7 Å². The Hall–Kier alpha value is -1.66. The Balaban J connectivity index is 2.09. The highest BCUT2D eigenvalue weighted by Gasteiger charge is 2.14. The molecule has 0 aliphatic carbocycles. The van der Waals surface area contributed by atoms with E-state index in [9.17, 15) is 0 Å². The molecule has 3 rings (SSSR count). The third-order valence-electron chi connectivity index (χ3n) is 3.16. The van der Waals surface area contributed by atoms with Gasteiger partial charge >= 0.3 is 0 Å². The van der Waals surface area contributed by atoms with Crippen molar-refractivity contribution in [3.8, 4) is 5.88 Å². The largest absolute Gasteiger partial charge is 0.481 e. The highest BCUT2D eigenvalue weighted by atomic mass is 35.5. The first-order valence-electron chi connectivity index (χ1n) is 6.58. The molecule has 0 atom stereocenters. The molecule has 0 radical (unpaired) electrons. The molecular formula is C14H15ClN4OS. The quantitative estimate of drug-likeness (QED) is 0.677. The fourth-order valence-corrected chi connectivity index (χ4v) is 3.17. The fourth-order valence-electron chi connectivity index (χ4n) is 2.22. The smallest absolute Gasteiger partial charge is 0.215 e. The number of aromatic nitrogens is 4. The Morgan fingerprint density at radius 1 is 1.33 bits per heavy atom. The number of nitrogens with zero attached hydrogens (tertiary/aromatic N) is 4. The van der Waals surface area contributed by atoms with Crippen LogP contribution in [0.4, 0.5) is 0 Å². The molecule has 7 heteroatoms. The Labute approximate surface area is 131 Å². The van der Waals surface area contributed by atoms with Crippen LogP contribution < -0.4 is 4.74 Å². The summed E-state index contributed by atoms with van der Waals surface area (Å²) in [6.07, 6.45) is 2.61. The van der Waals surface area contributed by atoms with E-state index in [1.165, 1.54) is 4.88 Å². The molecule has 0 saturated heterocycles. The Morgan fingerprint density at radius 3 is 2.86 bits per heavy atom. The van der Waals surface area contributed by atoms with Crippen molar-refractivity contribution in [3.05, 3.63) is 34.0 Å². The maximum atomic E-state index is 5.89. The monoisotopic (exact) mass is 322 g/mol. The molecule has 0 aromatic carbocycles. The van der Waals surface area contributed by atoms with Gasteiger partial charge in [-0.2, -0.15) is 4.98 Å². The van der Waals surface area contributed by atoms with Crippen LogP contribution in [0.5, 0.6) is 5.88 Å². The van der Waals surface area contributed by atoms with E-state index in [-0.39, 0.29) is 0 Å². The van der Waals surface area contributed by atoms with Crippen LogP contribution in [0.1, 0.15) is 15.7 Å². The molecule has 21 heavy (non-hydrogen) atoms. The van der Waals surface area contributed by atoms with Gasteiger partial charge < -0.3 is 9.30 Å². The summed E-state index contributed by atoms with van der Waals surface area (Å²) in [6, 6.07) is 3.74. The molecule has 0 aliphatic rings. The summed E-state index contributed by atoms with van der Waals surface area (Å²) in [5.41, 5.74) is 1.68. The lowest BCUT2D eigenvalue weighted by Gasteiger charge is -2.06. The lowest BCUT2D eigenvalue weighted by Crippen LogP contribution is -2.06. The first-order valence-corrected chi connectivity index (χ1v) is 7.94. The zero-order valence-corrected chi connectivity index (χ0v) is 13.4. The molecule has 0 saturated carbocycles. The number of aryl methyl sites for hydroxylation is 2. The molecule has 110 valence electrons. The number of pyridine rings is 1. The van der Waals surface area contributed by atoms with Gasteiger partial charge in [-0.1, -0.05) is 0 Å². The number of halogens is 1. The second kappa shape index (κ2) is 5.99. The lowest BCUT2D eigenvalue weighted by atomic mass is 10.4. The summed E-state index contributed by atoms with van der Waals surface area (Å²) < 4.78 is 7.30. The van der Waals surface area contributed by atoms with Crippen molar-refractivity contribution in [2.75, 3.05) is 13.0 Å². The second-order valence-electron chi connectivity index (χ2n) is 4.60. The van der Waals surface area contributed by atoms with Gasteiger partial charge in [-0.15, -0.1) is 22.9 Å². The van der Waals surface area contributed by atoms with Gasteiger partial charge in [0.1, 0.15) is 11.3 Å². The molecule has 3 aromatic rings. The molecule has 0 unspecified atom stereocenters. The summed E-state index contributed by atoms with van der Waals surface area (Å²) in [5, 5.41) is 1.05. The van der Waals surface area contributed by atoms with Gasteiger partial charge in [0, 0.05) is 29.4 Å². The van der Waals surface area contributed by atoms with Crippen molar-refractivity contribution in [2.45, 2.75) is 19.9 Å². The summed E-state index contributed by atoms with van der Waals surface area (Å²) in [7, 11) is 1.61. The van der Waals surface area contributed by atoms with Gasteiger partial charge in [-0.3, -0.25) is 0 Å².